The molecule has 0 fully saturated rings. The molecule has 0 atom stereocenters. The fourth-order valence-corrected chi connectivity index (χ4v) is 2.69. The number of benzene rings is 2. The van der Waals surface area contributed by atoms with Crippen LogP contribution in [0.25, 0.3) is 0 Å². The largest absolute Gasteiger partial charge is 0.496 e. The van der Waals surface area contributed by atoms with Crippen molar-refractivity contribution in [1.82, 2.24) is 0 Å². The highest BCUT2D eigenvalue weighted by molar-refractivity contribution is 7.98. The molecule has 2 N–H and O–H groups in total. The minimum absolute atomic E-state index is 0.197. The SMILES string of the molecule is COc1ccc(NC(C)=O)cc1NC(=O)c1ccc(SC)cc1OC. The molecule has 0 aliphatic heterocycles. The van der Waals surface area contributed by atoms with Gasteiger partial charge in [-0.1, -0.05) is 0 Å². The fraction of sp³-hybridized carbons (Fsp3) is 0.222. The van der Waals surface area contributed by atoms with Crippen LogP contribution < -0.4 is 20.1 Å². The monoisotopic (exact) mass is 360 g/mol. The normalized spacial score (nSPS) is 10.1. The fourth-order valence-electron chi connectivity index (χ4n) is 2.26. The molecule has 25 heavy (non-hydrogen) atoms. The first-order valence-electron chi connectivity index (χ1n) is 7.47. The van der Waals surface area contributed by atoms with Gasteiger partial charge in [0, 0.05) is 17.5 Å². The summed E-state index contributed by atoms with van der Waals surface area (Å²) in [7, 11) is 3.03. The van der Waals surface area contributed by atoms with E-state index >= 15 is 0 Å². The molecule has 0 aliphatic rings. The van der Waals surface area contributed by atoms with Gasteiger partial charge < -0.3 is 20.1 Å². The van der Waals surface area contributed by atoms with Crippen LogP contribution in [-0.4, -0.2) is 32.3 Å². The number of carbonyl (C=O) groups is 2. The van der Waals surface area contributed by atoms with Gasteiger partial charge in [0.25, 0.3) is 5.91 Å². The van der Waals surface area contributed by atoms with Gasteiger partial charge >= 0.3 is 0 Å². The van der Waals surface area contributed by atoms with Crippen LogP contribution in [0.1, 0.15) is 17.3 Å². The Morgan fingerprint density at radius 1 is 0.960 bits per heavy atom. The van der Waals surface area contributed by atoms with Gasteiger partial charge in [0.1, 0.15) is 11.5 Å². The van der Waals surface area contributed by atoms with E-state index in [1.54, 1.807) is 36.0 Å². The molecule has 2 aromatic rings. The molecule has 6 nitrogen and oxygen atoms in total. The zero-order chi connectivity index (χ0) is 18.4. The quantitative estimate of drug-likeness (QED) is 0.769. The van der Waals surface area contributed by atoms with Crippen LogP contribution in [0, 0.1) is 0 Å². The number of carbonyl (C=O) groups excluding carboxylic acids is 2. The predicted octanol–water partition coefficient (Wildman–Crippen LogP) is 3.64. The zero-order valence-electron chi connectivity index (χ0n) is 14.5. The van der Waals surface area contributed by atoms with Crippen molar-refractivity contribution in [2.24, 2.45) is 0 Å². The van der Waals surface area contributed by atoms with Crippen LogP contribution in [0.5, 0.6) is 11.5 Å². The Morgan fingerprint density at radius 2 is 1.68 bits per heavy atom. The minimum atomic E-state index is -0.331. The Balaban J connectivity index is 2.32. The van der Waals surface area contributed by atoms with Gasteiger partial charge in [-0.25, -0.2) is 0 Å². The van der Waals surface area contributed by atoms with E-state index in [4.69, 9.17) is 9.47 Å². The van der Waals surface area contributed by atoms with E-state index in [1.807, 2.05) is 18.4 Å². The third-order valence-electron chi connectivity index (χ3n) is 3.42. The topological polar surface area (TPSA) is 76.7 Å². The summed E-state index contributed by atoms with van der Waals surface area (Å²) < 4.78 is 10.6. The summed E-state index contributed by atoms with van der Waals surface area (Å²) in [4.78, 5) is 24.9. The molecule has 0 bridgehead atoms. The first-order chi connectivity index (χ1) is 12.0. The number of hydrogen-bond donors (Lipinski definition) is 2. The van der Waals surface area contributed by atoms with Gasteiger partial charge in [-0.05, 0) is 42.7 Å². The zero-order valence-corrected chi connectivity index (χ0v) is 15.3. The van der Waals surface area contributed by atoms with Crippen molar-refractivity contribution >= 4 is 35.0 Å². The van der Waals surface area contributed by atoms with Crippen LogP contribution in [0.4, 0.5) is 11.4 Å². The van der Waals surface area contributed by atoms with Crippen LogP contribution >= 0.6 is 11.8 Å². The van der Waals surface area contributed by atoms with E-state index in [0.717, 1.165) is 4.90 Å². The van der Waals surface area contributed by atoms with Crippen molar-refractivity contribution in [2.45, 2.75) is 11.8 Å². The number of hydrogen-bond acceptors (Lipinski definition) is 5. The van der Waals surface area contributed by atoms with Crippen molar-refractivity contribution in [3.05, 3.63) is 42.0 Å². The van der Waals surface area contributed by atoms with Gasteiger partial charge in [-0.15, -0.1) is 11.8 Å². The third-order valence-corrected chi connectivity index (χ3v) is 4.15. The second-order valence-electron chi connectivity index (χ2n) is 5.12. The second-order valence-corrected chi connectivity index (χ2v) is 6.00. The molecule has 0 saturated heterocycles. The average molecular weight is 360 g/mol. The molecule has 0 radical (unpaired) electrons. The summed E-state index contributed by atoms with van der Waals surface area (Å²) in [5, 5.41) is 5.48. The molecule has 7 heteroatoms. The Bertz CT molecular complexity index is 793. The standard InChI is InChI=1S/C18H20N2O4S/c1-11(21)19-12-5-8-16(23-2)15(9-12)20-18(22)14-7-6-13(25-4)10-17(14)24-3/h5-10H,1-4H3,(H,19,21)(H,20,22). The highest BCUT2D eigenvalue weighted by atomic mass is 32.2. The molecule has 2 amide bonds. The van der Waals surface area contributed by atoms with Crippen molar-refractivity contribution in [1.29, 1.82) is 0 Å². The Hall–Kier alpha value is -2.67. The lowest BCUT2D eigenvalue weighted by molar-refractivity contribution is -0.114. The van der Waals surface area contributed by atoms with E-state index < -0.39 is 0 Å². The summed E-state index contributed by atoms with van der Waals surface area (Å²) >= 11 is 1.56. The Kier molecular flexibility index (Phi) is 6.30. The van der Waals surface area contributed by atoms with Crippen LogP contribution in [-0.2, 0) is 4.79 Å². The van der Waals surface area contributed by atoms with Crippen LogP contribution in [0.2, 0.25) is 0 Å². The number of thioether (sulfide) groups is 1. The van der Waals surface area contributed by atoms with Crippen molar-refractivity contribution in [2.75, 3.05) is 31.1 Å². The highest BCUT2D eigenvalue weighted by Gasteiger charge is 2.15. The molecule has 2 rings (SSSR count). The maximum absolute atomic E-state index is 12.7. The Labute approximate surface area is 150 Å². The molecule has 0 saturated carbocycles. The first kappa shape index (κ1) is 18.7. The van der Waals surface area contributed by atoms with E-state index in [0.29, 0.717) is 28.4 Å². The number of anilines is 2. The highest BCUT2D eigenvalue weighted by Crippen LogP contribution is 2.30. The van der Waals surface area contributed by atoms with Gasteiger partial charge in [0.15, 0.2) is 0 Å². The van der Waals surface area contributed by atoms with Gasteiger partial charge in [0.2, 0.25) is 5.91 Å². The average Bonchev–Trinajstić information content (AvgIpc) is 2.60. The Morgan fingerprint density at radius 3 is 2.28 bits per heavy atom. The lowest BCUT2D eigenvalue weighted by Gasteiger charge is -2.14. The van der Waals surface area contributed by atoms with E-state index in [2.05, 4.69) is 10.6 Å². The summed E-state index contributed by atoms with van der Waals surface area (Å²) in [6.45, 7) is 1.42. The number of nitrogens with one attached hydrogen (secondary N) is 2. The van der Waals surface area contributed by atoms with E-state index in [9.17, 15) is 9.59 Å². The molecule has 2 aromatic carbocycles. The number of amides is 2. The van der Waals surface area contributed by atoms with E-state index in [-0.39, 0.29) is 11.8 Å². The second kappa shape index (κ2) is 8.43. The van der Waals surface area contributed by atoms with Crippen molar-refractivity contribution in [3.63, 3.8) is 0 Å². The van der Waals surface area contributed by atoms with E-state index in [1.165, 1.54) is 21.1 Å². The molecule has 0 spiro atoms. The number of methoxy groups -OCH3 is 2. The first-order valence-corrected chi connectivity index (χ1v) is 8.70. The van der Waals surface area contributed by atoms with Gasteiger partial charge in [-0.3, -0.25) is 9.59 Å². The predicted molar refractivity (Wildman–Crippen MR) is 100 cm³/mol. The molecule has 0 aliphatic carbocycles. The number of ether oxygens (including phenoxy) is 2. The molecule has 132 valence electrons. The summed E-state index contributed by atoms with van der Waals surface area (Å²) in [5.74, 6) is 0.447. The summed E-state index contributed by atoms with van der Waals surface area (Å²) in [6, 6.07) is 10.4. The maximum Gasteiger partial charge on any atom is 0.259 e. The van der Waals surface area contributed by atoms with Crippen molar-refractivity contribution < 1.29 is 19.1 Å². The van der Waals surface area contributed by atoms with Crippen LogP contribution in [0.15, 0.2) is 41.3 Å². The smallest absolute Gasteiger partial charge is 0.259 e. The summed E-state index contributed by atoms with van der Waals surface area (Å²) in [6.07, 6.45) is 1.95. The molecule has 0 aromatic heterocycles. The number of rotatable bonds is 6. The maximum atomic E-state index is 12.7. The summed E-state index contributed by atoms with van der Waals surface area (Å²) in [5.41, 5.74) is 1.43. The molecule has 0 heterocycles. The van der Waals surface area contributed by atoms with Crippen LogP contribution in [0.3, 0.4) is 0 Å². The molecular weight excluding hydrogens is 340 g/mol. The minimum Gasteiger partial charge on any atom is -0.496 e. The lowest BCUT2D eigenvalue weighted by Crippen LogP contribution is -2.14. The van der Waals surface area contributed by atoms with Gasteiger partial charge in [0.05, 0.1) is 25.5 Å². The lowest BCUT2D eigenvalue weighted by atomic mass is 10.1. The molecular formula is C18H20N2O4S. The van der Waals surface area contributed by atoms with Crippen molar-refractivity contribution in [3.8, 4) is 11.5 Å². The molecule has 0 unspecified atom stereocenters. The van der Waals surface area contributed by atoms with Gasteiger partial charge in [-0.2, -0.15) is 0 Å². The third kappa shape index (κ3) is 4.67.